The highest BCUT2D eigenvalue weighted by atomic mass is 15.4. The van der Waals surface area contributed by atoms with E-state index in [1.807, 2.05) is 4.68 Å². The van der Waals surface area contributed by atoms with E-state index < -0.39 is 0 Å². The molecule has 2 rings (SSSR count). The number of nitrogens with zero attached hydrogens (tertiary/aromatic N) is 3. The first-order chi connectivity index (χ1) is 7.27. The summed E-state index contributed by atoms with van der Waals surface area (Å²) in [6.07, 6.45) is 8.35. The van der Waals surface area contributed by atoms with Crippen molar-refractivity contribution in [1.82, 2.24) is 20.1 Å². The van der Waals surface area contributed by atoms with Crippen molar-refractivity contribution >= 4 is 0 Å². The minimum absolute atomic E-state index is 0.381. The Hall–Kier alpha value is -1.16. The molecule has 0 fully saturated rings. The van der Waals surface area contributed by atoms with E-state index in [1.54, 1.807) is 6.33 Å². The van der Waals surface area contributed by atoms with Crippen LogP contribution in [0.1, 0.15) is 38.6 Å². The van der Waals surface area contributed by atoms with Crippen molar-refractivity contribution in [3.8, 4) is 0 Å². The Morgan fingerprint density at radius 1 is 1.47 bits per heavy atom. The molecule has 0 saturated heterocycles. The van der Waals surface area contributed by atoms with Gasteiger partial charge in [0.25, 0.3) is 0 Å². The van der Waals surface area contributed by atoms with Crippen LogP contribution in [0.2, 0.25) is 0 Å². The van der Waals surface area contributed by atoms with Gasteiger partial charge in [-0.25, -0.2) is 9.67 Å². The van der Waals surface area contributed by atoms with Crippen LogP contribution in [0, 0.1) is 0 Å². The molecule has 1 aliphatic carbocycles. The minimum Gasteiger partial charge on any atom is -0.306 e. The molecule has 0 amide bonds. The SMILES string of the molecule is CC(C)n1ncnc1CNC1CC=CC1. The van der Waals surface area contributed by atoms with E-state index >= 15 is 0 Å². The lowest BCUT2D eigenvalue weighted by Gasteiger charge is -2.13. The van der Waals surface area contributed by atoms with Crippen molar-refractivity contribution in [2.24, 2.45) is 0 Å². The average Bonchev–Trinajstić information content (AvgIpc) is 2.86. The van der Waals surface area contributed by atoms with Crippen molar-refractivity contribution in [3.05, 3.63) is 24.3 Å². The summed E-state index contributed by atoms with van der Waals surface area (Å²) >= 11 is 0. The Labute approximate surface area is 90.4 Å². The molecule has 0 radical (unpaired) electrons. The topological polar surface area (TPSA) is 42.7 Å². The van der Waals surface area contributed by atoms with Crippen LogP contribution in [0.15, 0.2) is 18.5 Å². The highest BCUT2D eigenvalue weighted by Crippen LogP contribution is 2.10. The molecule has 0 saturated carbocycles. The van der Waals surface area contributed by atoms with Crippen LogP contribution in [-0.2, 0) is 6.54 Å². The van der Waals surface area contributed by atoms with Crippen molar-refractivity contribution in [1.29, 1.82) is 0 Å². The van der Waals surface area contributed by atoms with Gasteiger partial charge in [-0.3, -0.25) is 0 Å². The molecular weight excluding hydrogens is 188 g/mol. The third kappa shape index (κ3) is 2.45. The molecule has 1 aromatic rings. The number of aromatic nitrogens is 3. The molecule has 1 N–H and O–H groups in total. The maximum atomic E-state index is 4.27. The number of nitrogens with one attached hydrogen (secondary N) is 1. The van der Waals surface area contributed by atoms with Crippen molar-refractivity contribution in [2.75, 3.05) is 0 Å². The van der Waals surface area contributed by atoms with Crippen molar-refractivity contribution in [2.45, 2.75) is 45.3 Å². The lowest BCUT2D eigenvalue weighted by molar-refractivity contribution is 0.465. The molecule has 0 atom stereocenters. The highest BCUT2D eigenvalue weighted by Gasteiger charge is 2.12. The van der Waals surface area contributed by atoms with Gasteiger partial charge < -0.3 is 5.32 Å². The summed E-state index contributed by atoms with van der Waals surface area (Å²) in [6.45, 7) is 5.05. The average molecular weight is 206 g/mol. The van der Waals surface area contributed by atoms with E-state index in [4.69, 9.17) is 0 Å². The summed E-state index contributed by atoms with van der Waals surface area (Å²) < 4.78 is 1.97. The van der Waals surface area contributed by atoms with Gasteiger partial charge in [0.2, 0.25) is 0 Å². The first-order valence-corrected chi connectivity index (χ1v) is 5.54. The second-order valence-electron chi connectivity index (χ2n) is 4.24. The van der Waals surface area contributed by atoms with E-state index in [9.17, 15) is 0 Å². The predicted octanol–water partition coefficient (Wildman–Crippen LogP) is 1.67. The molecule has 82 valence electrons. The zero-order valence-electron chi connectivity index (χ0n) is 9.35. The van der Waals surface area contributed by atoms with Gasteiger partial charge in [0.05, 0.1) is 6.54 Å². The van der Waals surface area contributed by atoms with Gasteiger partial charge >= 0.3 is 0 Å². The van der Waals surface area contributed by atoms with Crippen LogP contribution >= 0.6 is 0 Å². The number of hydrogen-bond donors (Lipinski definition) is 1. The van der Waals surface area contributed by atoms with Crippen LogP contribution < -0.4 is 5.32 Å². The summed E-state index contributed by atoms with van der Waals surface area (Å²) in [5.74, 6) is 1.02. The van der Waals surface area contributed by atoms with Gasteiger partial charge in [-0.15, -0.1) is 0 Å². The molecule has 0 unspecified atom stereocenters. The van der Waals surface area contributed by atoms with E-state index in [2.05, 4.69) is 41.4 Å². The largest absolute Gasteiger partial charge is 0.306 e. The van der Waals surface area contributed by atoms with Crippen molar-refractivity contribution in [3.63, 3.8) is 0 Å². The Kier molecular flexibility index (Phi) is 3.16. The second kappa shape index (κ2) is 4.57. The molecule has 1 aliphatic rings. The van der Waals surface area contributed by atoms with Gasteiger partial charge in [-0.1, -0.05) is 12.2 Å². The third-order valence-corrected chi connectivity index (χ3v) is 2.69. The first kappa shape index (κ1) is 10.4. The van der Waals surface area contributed by atoms with E-state index in [-0.39, 0.29) is 0 Å². The Bertz CT molecular complexity index is 332. The fourth-order valence-corrected chi connectivity index (χ4v) is 1.85. The fourth-order valence-electron chi connectivity index (χ4n) is 1.85. The molecule has 1 aromatic heterocycles. The zero-order chi connectivity index (χ0) is 10.7. The second-order valence-corrected chi connectivity index (χ2v) is 4.24. The normalized spacial score (nSPS) is 16.7. The lowest BCUT2D eigenvalue weighted by atomic mass is 10.2. The molecule has 0 aliphatic heterocycles. The minimum atomic E-state index is 0.381. The van der Waals surface area contributed by atoms with Crippen LogP contribution in [-0.4, -0.2) is 20.8 Å². The standard InChI is InChI=1S/C11H18N4/c1-9(2)15-11(13-8-14-15)7-12-10-5-3-4-6-10/h3-4,8-10,12H,5-7H2,1-2H3. The lowest BCUT2D eigenvalue weighted by Crippen LogP contribution is -2.27. The first-order valence-electron chi connectivity index (χ1n) is 5.54. The smallest absolute Gasteiger partial charge is 0.141 e. The van der Waals surface area contributed by atoms with Gasteiger partial charge in [-0.05, 0) is 26.7 Å². The summed E-state index contributed by atoms with van der Waals surface area (Å²) in [5.41, 5.74) is 0. The maximum absolute atomic E-state index is 4.27. The van der Waals surface area contributed by atoms with Crippen LogP contribution in [0.5, 0.6) is 0 Å². The Morgan fingerprint density at radius 2 is 2.20 bits per heavy atom. The van der Waals surface area contributed by atoms with E-state index in [1.165, 1.54) is 0 Å². The highest BCUT2D eigenvalue weighted by molar-refractivity contribution is 4.98. The molecule has 1 heterocycles. The zero-order valence-corrected chi connectivity index (χ0v) is 9.35. The monoisotopic (exact) mass is 206 g/mol. The van der Waals surface area contributed by atoms with Gasteiger partial charge in [-0.2, -0.15) is 5.10 Å². The van der Waals surface area contributed by atoms with Gasteiger partial charge in [0, 0.05) is 12.1 Å². The molecular formula is C11H18N4. The molecule has 0 spiro atoms. The molecule has 4 heteroatoms. The molecule has 0 bridgehead atoms. The predicted molar refractivity (Wildman–Crippen MR) is 59.4 cm³/mol. The van der Waals surface area contributed by atoms with E-state index in [0.717, 1.165) is 25.2 Å². The summed E-state index contributed by atoms with van der Waals surface area (Å²) in [6, 6.07) is 0.966. The van der Waals surface area contributed by atoms with Crippen LogP contribution in [0.4, 0.5) is 0 Å². The van der Waals surface area contributed by atoms with Gasteiger partial charge in [0.15, 0.2) is 0 Å². The van der Waals surface area contributed by atoms with Gasteiger partial charge in [0.1, 0.15) is 12.2 Å². The Balaban J connectivity index is 1.90. The van der Waals surface area contributed by atoms with E-state index in [0.29, 0.717) is 12.1 Å². The van der Waals surface area contributed by atoms with Crippen LogP contribution in [0.3, 0.4) is 0 Å². The molecule has 15 heavy (non-hydrogen) atoms. The quantitative estimate of drug-likeness (QED) is 0.762. The van der Waals surface area contributed by atoms with Crippen molar-refractivity contribution < 1.29 is 0 Å². The maximum Gasteiger partial charge on any atom is 0.141 e. The molecule has 4 nitrogen and oxygen atoms in total. The van der Waals surface area contributed by atoms with Crippen LogP contribution in [0.25, 0.3) is 0 Å². The summed E-state index contributed by atoms with van der Waals surface area (Å²) in [4.78, 5) is 4.27. The Morgan fingerprint density at radius 3 is 2.87 bits per heavy atom. The fraction of sp³-hybridized carbons (Fsp3) is 0.636. The number of rotatable bonds is 4. The molecule has 0 aromatic carbocycles. The summed E-state index contributed by atoms with van der Waals surface area (Å²) in [5, 5.41) is 7.70. The third-order valence-electron chi connectivity index (χ3n) is 2.69. The number of hydrogen-bond acceptors (Lipinski definition) is 3. The summed E-state index contributed by atoms with van der Waals surface area (Å²) in [7, 11) is 0.